The maximum atomic E-state index is 12.7. The molecule has 1 aliphatic rings. The van der Waals surface area contributed by atoms with Gasteiger partial charge in [0.05, 0.1) is 11.5 Å². The Balaban J connectivity index is 1.97. The summed E-state index contributed by atoms with van der Waals surface area (Å²) >= 11 is 0. The van der Waals surface area contributed by atoms with Gasteiger partial charge in [-0.05, 0) is 50.8 Å². The highest BCUT2D eigenvalue weighted by atomic mass is 32.2. The molecule has 0 bridgehead atoms. The average Bonchev–Trinajstić information content (AvgIpc) is 2.56. The van der Waals surface area contributed by atoms with Gasteiger partial charge in [0.15, 0.2) is 0 Å². The predicted molar refractivity (Wildman–Crippen MR) is 92.4 cm³/mol. The number of amides is 1. The third kappa shape index (κ3) is 4.70. The van der Waals surface area contributed by atoms with Gasteiger partial charge in [0.25, 0.3) is 0 Å². The number of rotatable bonds is 6. The Morgan fingerprint density at radius 3 is 2.62 bits per heavy atom. The number of nitrogens with zero attached hydrogens (tertiary/aromatic N) is 1. The minimum atomic E-state index is -3.43. The van der Waals surface area contributed by atoms with Crippen molar-refractivity contribution in [2.45, 2.75) is 50.5 Å². The molecule has 0 aliphatic carbocycles. The Kier molecular flexibility index (Phi) is 6.62. The lowest BCUT2D eigenvalue weighted by Crippen LogP contribution is -2.41. The summed E-state index contributed by atoms with van der Waals surface area (Å²) in [6.07, 6.45) is 3.10. The minimum absolute atomic E-state index is 0.0530. The van der Waals surface area contributed by atoms with Crippen LogP contribution >= 0.6 is 0 Å². The van der Waals surface area contributed by atoms with E-state index in [0.717, 1.165) is 24.8 Å². The predicted octanol–water partition coefficient (Wildman–Crippen LogP) is 2.54. The molecule has 1 N–H and O–H groups in total. The second-order valence-corrected chi connectivity index (χ2v) is 7.89. The van der Waals surface area contributed by atoms with Crippen molar-refractivity contribution in [1.82, 2.24) is 9.62 Å². The van der Waals surface area contributed by atoms with Gasteiger partial charge in [0, 0.05) is 19.1 Å². The summed E-state index contributed by atoms with van der Waals surface area (Å²) in [4.78, 5) is 11.5. The van der Waals surface area contributed by atoms with Crippen molar-refractivity contribution in [2.75, 3.05) is 19.7 Å². The fraction of sp³-hybridized carbons (Fsp3) is 0.588. The van der Waals surface area contributed by atoms with E-state index in [4.69, 9.17) is 4.74 Å². The summed E-state index contributed by atoms with van der Waals surface area (Å²) in [5.41, 5.74) is 0.970. The highest BCUT2D eigenvalue weighted by Crippen LogP contribution is 2.25. The molecule has 1 atom stereocenters. The topological polar surface area (TPSA) is 75.7 Å². The Bertz CT molecular complexity index is 643. The molecule has 1 saturated heterocycles. The number of hydrogen-bond donors (Lipinski definition) is 1. The summed E-state index contributed by atoms with van der Waals surface area (Å²) in [5.74, 6) is 0. The molecule has 134 valence electrons. The standard InChI is InChI=1S/C17H26N2O4S/c1-3-23-17(20)18-12-11-15-7-9-16(10-8-15)24(21,22)19-13-5-4-6-14(19)2/h7-10,14H,3-6,11-13H2,1-2H3,(H,18,20). The Labute approximate surface area is 144 Å². The maximum Gasteiger partial charge on any atom is 0.407 e. The first-order valence-electron chi connectivity index (χ1n) is 8.46. The molecular formula is C17H26N2O4S. The number of alkyl carbamates (subject to hydrolysis) is 1. The molecule has 0 spiro atoms. The van der Waals surface area contributed by atoms with Gasteiger partial charge < -0.3 is 10.1 Å². The number of sulfonamides is 1. The van der Waals surface area contributed by atoms with Crippen LogP contribution in [-0.2, 0) is 21.2 Å². The molecule has 24 heavy (non-hydrogen) atoms. The Morgan fingerprint density at radius 1 is 1.29 bits per heavy atom. The van der Waals surface area contributed by atoms with Crippen LogP contribution in [0.2, 0.25) is 0 Å². The van der Waals surface area contributed by atoms with Crippen LogP contribution in [0.5, 0.6) is 0 Å². The molecule has 1 aromatic carbocycles. The zero-order valence-corrected chi connectivity index (χ0v) is 15.1. The molecule has 1 aromatic rings. The molecule has 0 saturated carbocycles. The summed E-state index contributed by atoms with van der Waals surface area (Å²) in [7, 11) is -3.43. The molecule has 7 heteroatoms. The van der Waals surface area contributed by atoms with Crippen molar-refractivity contribution >= 4 is 16.1 Å². The first-order valence-corrected chi connectivity index (χ1v) is 9.90. The van der Waals surface area contributed by atoms with Crippen LogP contribution < -0.4 is 5.32 Å². The third-order valence-corrected chi connectivity index (χ3v) is 6.26. The van der Waals surface area contributed by atoms with Crippen LogP contribution in [0.4, 0.5) is 4.79 Å². The number of carbonyl (C=O) groups is 1. The fourth-order valence-electron chi connectivity index (χ4n) is 2.88. The molecule has 1 unspecified atom stereocenters. The van der Waals surface area contributed by atoms with Crippen LogP contribution in [0.1, 0.15) is 38.7 Å². The monoisotopic (exact) mass is 354 g/mol. The Hall–Kier alpha value is -1.60. The van der Waals surface area contributed by atoms with Crippen LogP contribution in [-0.4, -0.2) is 44.6 Å². The molecule has 1 amide bonds. The molecule has 0 radical (unpaired) electrons. The lowest BCUT2D eigenvalue weighted by atomic mass is 10.1. The molecule has 6 nitrogen and oxygen atoms in total. The maximum absolute atomic E-state index is 12.7. The van der Waals surface area contributed by atoms with E-state index in [1.54, 1.807) is 35.5 Å². The second kappa shape index (κ2) is 8.48. The van der Waals surface area contributed by atoms with Crippen LogP contribution in [0.25, 0.3) is 0 Å². The average molecular weight is 354 g/mol. The van der Waals surface area contributed by atoms with E-state index in [-0.39, 0.29) is 6.04 Å². The number of carbonyl (C=O) groups excluding carboxylic acids is 1. The first kappa shape index (κ1) is 18.7. The summed E-state index contributed by atoms with van der Waals surface area (Å²) in [5, 5.41) is 2.65. The zero-order valence-electron chi connectivity index (χ0n) is 14.3. The highest BCUT2D eigenvalue weighted by molar-refractivity contribution is 7.89. The molecule has 1 fully saturated rings. The molecular weight excluding hydrogens is 328 g/mol. The van der Waals surface area contributed by atoms with Crippen molar-refractivity contribution in [3.63, 3.8) is 0 Å². The molecule has 0 aromatic heterocycles. The van der Waals surface area contributed by atoms with Gasteiger partial charge in [0.1, 0.15) is 0 Å². The van der Waals surface area contributed by atoms with E-state index in [0.29, 0.717) is 31.0 Å². The van der Waals surface area contributed by atoms with E-state index in [9.17, 15) is 13.2 Å². The van der Waals surface area contributed by atoms with E-state index in [2.05, 4.69) is 5.32 Å². The Morgan fingerprint density at radius 2 is 2.00 bits per heavy atom. The summed E-state index contributed by atoms with van der Waals surface area (Å²) in [6.45, 7) is 5.10. The van der Waals surface area contributed by atoms with E-state index >= 15 is 0 Å². The van der Waals surface area contributed by atoms with Gasteiger partial charge in [-0.2, -0.15) is 4.31 Å². The molecule has 1 aliphatic heterocycles. The van der Waals surface area contributed by atoms with Crippen molar-refractivity contribution < 1.29 is 17.9 Å². The van der Waals surface area contributed by atoms with Gasteiger partial charge in [-0.25, -0.2) is 13.2 Å². The van der Waals surface area contributed by atoms with Crippen LogP contribution in [0, 0.1) is 0 Å². The van der Waals surface area contributed by atoms with Crippen LogP contribution in [0.3, 0.4) is 0 Å². The second-order valence-electron chi connectivity index (χ2n) is 6.00. The lowest BCUT2D eigenvalue weighted by molar-refractivity contribution is 0.152. The van der Waals surface area contributed by atoms with E-state index in [1.807, 2.05) is 6.92 Å². The van der Waals surface area contributed by atoms with Gasteiger partial charge >= 0.3 is 6.09 Å². The van der Waals surface area contributed by atoms with Crippen molar-refractivity contribution in [3.05, 3.63) is 29.8 Å². The largest absolute Gasteiger partial charge is 0.450 e. The smallest absolute Gasteiger partial charge is 0.407 e. The van der Waals surface area contributed by atoms with Crippen LogP contribution in [0.15, 0.2) is 29.2 Å². The summed E-state index contributed by atoms with van der Waals surface area (Å²) < 4.78 is 31.9. The quantitative estimate of drug-likeness (QED) is 0.852. The van der Waals surface area contributed by atoms with Gasteiger partial charge in [-0.3, -0.25) is 0 Å². The van der Waals surface area contributed by atoms with Gasteiger partial charge in [-0.15, -0.1) is 0 Å². The van der Waals surface area contributed by atoms with Crippen molar-refractivity contribution in [3.8, 4) is 0 Å². The van der Waals surface area contributed by atoms with Crippen molar-refractivity contribution in [2.24, 2.45) is 0 Å². The summed E-state index contributed by atoms with van der Waals surface area (Å²) in [6, 6.07) is 6.95. The number of piperidine rings is 1. The fourth-order valence-corrected chi connectivity index (χ4v) is 4.58. The lowest BCUT2D eigenvalue weighted by Gasteiger charge is -2.32. The third-order valence-electron chi connectivity index (χ3n) is 4.23. The minimum Gasteiger partial charge on any atom is -0.450 e. The van der Waals surface area contributed by atoms with Gasteiger partial charge in [-0.1, -0.05) is 18.6 Å². The van der Waals surface area contributed by atoms with Crippen molar-refractivity contribution in [1.29, 1.82) is 0 Å². The van der Waals surface area contributed by atoms with Gasteiger partial charge in [0.2, 0.25) is 10.0 Å². The number of hydrogen-bond acceptors (Lipinski definition) is 4. The van der Waals surface area contributed by atoms with E-state index in [1.165, 1.54) is 0 Å². The zero-order chi connectivity index (χ0) is 17.6. The SMILES string of the molecule is CCOC(=O)NCCc1ccc(S(=O)(=O)N2CCCCC2C)cc1. The number of benzene rings is 1. The first-order chi connectivity index (χ1) is 11.4. The molecule has 1 heterocycles. The number of ether oxygens (including phenoxy) is 1. The number of nitrogens with one attached hydrogen (secondary N) is 1. The molecule has 2 rings (SSSR count). The highest BCUT2D eigenvalue weighted by Gasteiger charge is 2.30. The normalized spacial score (nSPS) is 19.0. The van der Waals surface area contributed by atoms with E-state index < -0.39 is 16.1 Å².